The van der Waals surface area contributed by atoms with Crippen molar-refractivity contribution in [1.29, 1.82) is 0 Å². The van der Waals surface area contributed by atoms with E-state index < -0.39 is 16.4 Å². The van der Waals surface area contributed by atoms with Crippen molar-refractivity contribution in [3.8, 4) is 0 Å². The van der Waals surface area contributed by atoms with Crippen molar-refractivity contribution in [2.45, 2.75) is 26.2 Å². The molecule has 0 aliphatic rings. The third-order valence-corrected chi connectivity index (χ3v) is 28.6. The van der Waals surface area contributed by atoms with Gasteiger partial charge in [-0.2, -0.15) is 0 Å². The first-order chi connectivity index (χ1) is 6.04. The van der Waals surface area contributed by atoms with Gasteiger partial charge < -0.3 is 12.3 Å². The minimum Gasteiger partial charge on any atom is -0.465 e. The van der Waals surface area contributed by atoms with Crippen LogP contribution in [0.1, 0.15) is 0 Å². The molecule has 1 atom stereocenters. The second-order valence-corrected chi connectivity index (χ2v) is 28.1. The number of rotatable bonds is 7. The van der Waals surface area contributed by atoms with Crippen LogP contribution in [0.15, 0.2) is 0 Å². The van der Waals surface area contributed by atoms with E-state index in [0.717, 1.165) is 10.5 Å². The molecule has 0 aliphatic heterocycles. The van der Waals surface area contributed by atoms with Crippen LogP contribution >= 0.6 is 0 Å². The molecular formula is C4H22O3Si6. The third kappa shape index (κ3) is 7.15. The van der Waals surface area contributed by atoms with Gasteiger partial charge in [-0.1, -0.05) is 6.55 Å². The SMILES string of the molecule is C[SiH2]O[SiH2][Si](C)(O[SiH3])[SiH2]O[SiH](C)C. The Kier molecular flexibility index (Phi) is 8.15. The zero-order valence-electron chi connectivity index (χ0n) is 9.42. The summed E-state index contributed by atoms with van der Waals surface area (Å²) in [5, 5.41) is 0. The monoisotopic (exact) mass is 286 g/mol. The van der Waals surface area contributed by atoms with Crippen LogP contribution in [0.2, 0.25) is 26.2 Å². The molecule has 0 aromatic carbocycles. The minimum atomic E-state index is -1.34. The summed E-state index contributed by atoms with van der Waals surface area (Å²) in [6.07, 6.45) is 0. The fourth-order valence-corrected chi connectivity index (χ4v) is 29.2. The molecule has 0 N–H and O–H groups in total. The standard InChI is InChI=1S/C4H22O3Si6/c1-9-6-10-13(4,5-8)11-7-12(2)3/h12H,9-11H2,1-4,8H3. The summed E-state index contributed by atoms with van der Waals surface area (Å²) in [4.78, 5) is 0. The smallest absolute Gasteiger partial charge is 0.197 e. The molecule has 9 heteroatoms. The van der Waals surface area contributed by atoms with Gasteiger partial charge in [-0.25, -0.2) is 0 Å². The highest BCUT2D eigenvalue weighted by molar-refractivity contribution is 7.45. The van der Waals surface area contributed by atoms with Crippen LogP contribution in [0.25, 0.3) is 0 Å². The van der Waals surface area contributed by atoms with E-state index >= 15 is 0 Å². The molecular weight excluding hydrogens is 265 g/mol. The van der Waals surface area contributed by atoms with E-state index in [1.165, 1.54) is 0 Å². The lowest BCUT2D eigenvalue weighted by molar-refractivity contribution is 0.589. The average molecular weight is 287 g/mol. The van der Waals surface area contributed by atoms with Crippen LogP contribution in [0, 0.1) is 0 Å². The maximum Gasteiger partial charge on any atom is 0.197 e. The highest BCUT2D eigenvalue weighted by Crippen LogP contribution is 2.00. The average Bonchev–Trinajstić information content (AvgIpc) is 2.11. The van der Waals surface area contributed by atoms with Gasteiger partial charge in [0, 0.05) is 0 Å². The van der Waals surface area contributed by atoms with Crippen molar-refractivity contribution in [3.63, 3.8) is 0 Å². The fraction of sp³-hybridized carbons (Fsp3) is 1.00. The Hall–Kier alpha value is 1.18. The van der Waals surface area contributed by atoms with E-state index in [1.54, 1.807) is 0 Å². The van der Waals surface area contributed by atoms with Crippen molar-refractivity contribution < 1.29 is 12.3 Å². The van der Waals surface area contributed by atoms with Gasteiger partial charge in [0.2, 0.25) is 0 Å². The summed E-state index contributed by atoms with van der Waals surface area (Å²) in [6.45, 7) is 9.02. The van der Waals surface area contributed by atoms with Crippen LogP contribution < -0.4 is 0 Å². The van der Waals surface area contributed by atoms with Gasteiger partial charge >= 0.3 is 0 Å². The van der Waals surface area contributed by atoms with Gasteiger partial charge in [0.15, 0.2) is 35.0 Å². The van der Waals surface area contributed by atoms with E-state index in [-0.39, 0.29) is 28.3 Å². The Morgan fingerprint density at radius 3 is 2.31 bits per heavy atom. The van der Waals surface area contributed by atoms with Crippen LogP contribution in [-0.4, -0.2) is 55.2 Å². The first-order valence-electron chi connectivity index (χ1n) is 4.78. The lowest BCUT2D eigenvalue weighted by atomic mass is 11.9. The molecule has 0 aromatic heterocycles. The summed E-state index contributed by atoms with van der Waals surface area (Å²) in [5.74, 6) is 0. The van der Waals surface area contributed by atoms with Gasteiger partial charge in [0.05, 0.1) is 0 Å². The Balaban J connectivity index is 3.81. The molecule has 0 spiro atoms. The normalized spacial score (nSPS) is 19.2. The predicted octanol–water partition coefficient (Wildman–Crippen LogP) is -2.83. The van der Waals surface area contributed by atoms with Crippen LogP contribution in [0.5, 0.6) is 0 Å². The summed E-state index contributed by atoms with van der Waals surface area (Å²) in [7, 11) is -2.19. The molecule has 0 bridgehead atoms. The molecule has 0 fully saturated rings. The maximum absolute atomic E-state index is 5.90. The van der Waals surface area contributed by atoms with E-state index in [2.05, 4.69) is 26.2 Å². The zero-order chi connectivity index (χ0) is 10.3. The van der Waals surface area contributed by atoms with Crippen LogP contribution in [0.3, 0.4) is 0 Å². The minimum absolute atomic E-state index is 0.202. The van der Waals surface area contributed by atoms with Crippen molar-refractivity contribution in [2.75, 3.05) is 0 Å². The Labute approximate surface area is 93.7 Å². The van der Waals surface area contributed by atoms with E-state index in [9.17, 15) is 0 Å². The van der Waals surface area contributed by atoms with Crippen LogP contribution in [-0.2, 0) is 12.3 Å². The van der Waals surface area contributed by atoms with Gasteiger partial charge in [0.1, 0.15) is 20.2 Å². The molecule has 3 nitrogen and oxygen atoms in total. The molecule has 1 unspecified atom stereocenters. The summed E-state index contributed by atoms with van der Waals surface area (Å²) in [5.41, 5.74) is 0. The largest absolute Gasteiger partial charge is 0.465 e. The number of hydrogen-bond donors (Lipinski definition) is 0. The van der Waals surface area contributed by atoms with Crippen LogP contribution in [0.4, 0.5) is 0 Å². The van der Waals surface area contributed by atoms with Gasteiger partial charge in [-0.05, 0) is 19.6 Å². The summed E-state index contributed by atoms with van der Waals surface area (Å²) in [6, 6.07) is 0. The topological polar surface area (TPSA) is 27.7 Å². The lowest BCUT2D eigenvalue weighted by Gasteiger charge is -2.25. The first kappa shape index (κ1) is 14.2. The fourth-order valence-electron chi connectivity index (χ4n) is 0.820. The van der Waals surface area contributed by atoms with E-state index in [1.807, 2.05) is 0 Å². The van der Waals surface area contributed by atoms with Gasteiger partial charge in [0.25, 0.3) is 0 Å². The van der Waals surface area contributed by atoms with E-state index in [4.69, 9.17) is 12.3 Å². The third-order valence-electron chi connectivity index (χ3n) is 1.83. The Morgan fingerprint density at radius 1 is 1.31 bits per heavy atom. The second kappa shape index (κ2) is 7.47. The highest BCUT2D eigenvalue weighted by Gasteiger charge is 2.29. The van der Waals surface area contributed by atoms with Gasteiger partial charge in [-0.3, -0.25) is 0 Å². The molecule has 0 saturated carbocycles. The molecule has 80 valence electrons. The molecule has 0 radical (unpaired) electrons. The molecule has 0 rings (SSSR count). The zero-order valence-corrected chi connectivity index (χ0v) is 17.8. The Morgan fingerprint density at radius 2 is 1.92 bits per heavy atom. The second-order valence-electron chi connectivity index (χ2n) is 3.65. The number of hydrogen-bond acceptors (Lipinski definition) is 3. The maximum atomic E-state index is 5.90. The molecule has 0 aliphatic carbocycles. The summed E-state index contributed by atoms with van der Waals surface area (Å²) < 4.78 is 17.4. The van der Waals surface area contributed by atoms with Crippen molar-refractivity contribution in [2.24, 2.45) is 0 Å². The Bertz CT molecular complexity index is 135. The van der Waals surface area contributed by atoms with Crippen molar-refractivity contribution in [3.05, 3.63) is 0 Å². The first-order valence-corrected chi connectivity index (χ1v) is 18.6. The highest BCUT2D eigenvalue weighted by atomic mass is 29.6. The quantitative estimate of drug-likeness (QED) is 0.472. The molecule has 0 heterocycles. The van der Waals surface area contributed by atoms with Crippen molar-refractivity contribution >= 4 is 55.2 Å². The summed E-state index contributed by atoms with van der Waals surface area (Å²) >= 11 is 0. The van der Waals surface area contributed by atoms with Gasteiger partial charge in [-0.15, -0.1) is 0 Å². The van der Waals surface area contributed by atoms with E-state index in [0.29, 0.717) is 0 Å². The lowest BCUT2D eigenvalue weighted by Crippen LogP contribution is -2.52. The molecule has 0 aromatic rings. The molecule has 0 saturated heterocycles. The predicted molar refractivity (Wildman–Crippen MR) is 75.2 cm³/mol. The molecule has 13 heavy (non-hydrogen) atoms. The van der Waals surface area contributed by atoms with Crippen molar-refractivity contribution in [1.82, 2.24) is 0 Å². The molecule has 0 amide bonds.